The van der Waals surface area contributed by atoms with E-state index in [0.29, 0.717) is 0 Å². The van der Waals surface area contributed by atoms with E-state index in [4.69, 9.17) is 10.8 Å². The normalized spacial score (nSPS) is 34.0. The quantitative estimate of drug-likeness (QED) is 0.730. The second kappa shape index (κ2) is 5.28. The predicted molar refractivity (Wildman–Crippen MR) is 61.6 cm³/mol. The maximum atomic E-state index is 8.84. The molecule has 3 nitrogen and oxygen atoms in total. The number of aliphatic hydroxyl groups excluding tert-OH is 1. The van der Waals surface area contributed by atoms with Crippen molar-refractivity contribution < 1.29 is 5.11 Å². The van der Waals surface area contributed by atoms with E-state index < -0.39 is 0 Å². The van der Waals surface area contributed by atoms with Crippen molar-refractivity contribution in [1.82, 2.24) is 4.90 Å². The van der Waals surface area contributed by atoms with Gasteiger partial charge in [-0.2, -0.15) is 0 Å². The topological polar surface area (TPSA) is 49.5 Å². The molecule has 0 spiro atoms. The molecule has 2 rings (SSSR count). The Bertz CT molecular complexity index is 198. The molecule has 2 fully saturated rings. The lowest BCUT2D eigenvalue weighted by atomic mass is 9.85. The van der Waals surface area contributed by atoms with E-state index in [2.05, 4.69) is 4.90 Å². The number of rotatable bonds is 4. The van der Waals surface area contributed by atoms with Crippen LogP contribution in [-0.4, -0.2) is 41.8 Å². The van der Waals surface area contributed by atoms with Crippen LogP contribution in [0.4, 0.5) is 0 Å². The minimum Gasteiger partial charge on any atom is -0.396 e. The second-order valence-corrected chi connectivity index (χ2v) is 5.17. The van der Waals surface area contributed by atoms with Crippen LogP contribution in [0, 0.1) is 5.92 Å². The van der Waals surface area contributed by atoms with Crippen LogP contribution in [0.5, 0.6) is 0 Å². The van der Waals surface area contributed by atoms with E-state index in [9.17, 15) is 0 Å². The number of nitrogens with two attached hydrogens (primary N) is 1. The van der Waals surface area contributed by atoms with E-state index in [0.717, 1.165) is 24.9 Å². The van der Waals surface area contributed by atoms with Gasteiger partial charge in [-0.05, 0) is 38.1 Å². The zero-order valence-corrected chi connectivity index (χ0v) is 9.57. The van der Waals surface area contributed by atoms with E-state index in [-0.39, 0.29) is 12.6 Å². The van der Waals surface area contributed by atoms with Crippen LogP contribution in [0.2, 0.25) is 0 Å². The predicted octanol–water partition coefficient (Wildman–Crippen LogP) is 0.961. The number of hydrogen-bond donors (Lipinski definition) is 2. The van der Waals surface area contributed by atoms with E-state index >= 15 is 0 Å². The van der Waals surface area contributed by atoms with Crippen LogP contribution in [0.25, 0.3) is 0 Å². The Morgan fingerprint density at radius 3 is 2.87 bits per heavy atom. The lowest BCUT2D eigenvalue weighted by Crippen LogP contribution is -2.42. The summed E-state index contributed by atoms with van der Waals surface area (Å²) in [6.07, 6.45) is 7.74. The highest BCUT2D eigenvalue weighted by atomic mass is 16.3. The maximum absolute atomic E-state index is 8.84. The fourth-order valence-electron chi connectivity index (χ4n) is 3.29. The fraction of sp³-hybridized carbons (Fsp3) is 1.00. The summed E-state index contributed by atoms with van der Waals surface area (Å²) in [5.74, 6) is 0.945. The van der Waals surface area contributed by atoms with Gasteiger partial charge in [0.25, 0.3) is 0 Å². The molecule has 1 saturated heterocycles. The van der Waals surface area contributed by atoms with Gasteiger partial charge in [0.1, 0.15) is 0 Å². The Balaban J connectivity index is 1.82. The molecule has 15 heavy (non-hydrogen) atoms. The molecule has 1 aliphatic carbocycles. The minimum absolute atomic E-state index is 0.163. The van der Waals surface area contributed by atoms with Crippen LogP contribution < -0.4 is 5.73 Å². The Morgan fingerprint density at radius 1 is 1.27 bits per heavy atom. The van der Waals surface area contributed by atoms with Gasteiger partial charge in [-0.15, -0.1) is 0 Å². The largest absolute Gasteiger partial charge is 0.396 e. The average Bonchev–Trinajstić information content (AvgIpc) is 2.62. The standard InChI is InChI=1S/C12H24N2O/c13-11(6-8-15)9-14-7-5-10-3-1-2-4-12(10)14/h10-12,15H,1-9,13H2. The molecule has 0 amide bonds. The van der Waals surface area contributed by atoms with Crippen molar-refractivity contribution in [1.29, 1.82) is 0 Å². The third-order valence-corrected chi connectivity index (χ3v) is 4.09. The minimum atomic E-state index is 0.163. The molecule has 0 radical (unpaired) electrons. The van der Waals surface area contributed by atoms with Crippen LogP contribution in [0.1, 0.15) is 38.5 Å². The number of aliphatic hydroxyl groups is 1. The van der Waals surface area contributed by atoms with Crippen molar-refractivity contribution in [3.8, 4) is 0 Å². The Morgan fingerprint density at radius 2 is 2.07 bits per heavy atom. The molecule has 0 aromatic heterocycles. The average molecular weight is 212 g/mol. The summed E-state index contributed by atoms with van der Waals surface area (Å²) in [4.78, 5) is 2.57. The molecule has 1 aliphatic heterocycles. The summed E-state index contributed by atoms with van der Waals surface area (Å²) in [5, 5.41) is 8.84. The summed E-state index contributed by atoms with van der Waals surface area (Å²) < 4.78 is 0. The second-order valence-electron chi connectivity index (χ2n) is 5.17. The fourth-order valence-corrected chi connectivity index (χ4v) is 3.29. The van der Waals surface area contributed by atoms with Gasteiger partial charge >= 0.3 is 0 Å². The first-order chi connectivity index (χ1) is 7.31. The van der Waals surface area contributed by atoms with Crippen molar-refractivity contribution in [3.05, 3.63) is 0 Å². The summed E-state index contributed by atoms with van der Waals surface area (Å²) in [6, 6.07) is 0.971. The van der Waals surface area contributed by atoms with Crippen LogP contribution in [-0.2, 0) is 0 Å². The van der Waals surface area contributed by atoms with Gasteiger partial charge in [-0.25, -0.2) is 0 Å². The molecule has 0 bridgehead atoms. The van der Waals surface area contributed by atoms with Crippen LogP contribution in [0.15, 0.2) is 0 Å². The zero-order chi connectivity index (χ0) is 10.7. The molecule has 3 unspecified atom stereocenters. The first-order valence-corrected chi connectivity index (χ1v) is 6.41. The molecule has 3 atom stereocenters. The summed E-state index contributed by atoms with van der Waals surface area (Å²) in [5.41, 5.74) is 5.98. The Kier molecular flexibility index (Phi) is 4.00. The molecular formula is C12H24N2O. The lowest BCUT2D eigenvalue weighted by Gasteiger charge is -2.33. The molecule has 0 aromatic carbocycles. The van der Waals surface area contributed by atoms with Gasteiger partial charge < -0.3 is 10.8 Å². The smallest absolute Gasteiger partial charge is 0.0446 e. The van der Waals surface area contributed by atoms with Crippen molar-refractivity contribution >= 4 is 0 Å². The van der Waals surface area contributed by atoms with E-state index in [1.807, 2.05) is 0 Å². The molecule has 1 saturated carbocycles. The first kappa shape index (κ1) is 11.4. The van der Waals surface area contributed by atoms with Gasteiger partial charge in [0.15, 0.2) is 0 Å². The summed E-state index contributed by atoms with van der Waals surface area (Å²) in [7, 11) is 0. The first-order valence-electron chi connectivity index (χ1n) is 6.41. The number of nitrogens with zero attached hydrogens (tertiary/aromatic N) is 1. The molecule has 1 heterocycles. The van der Waals surface area contributed by atoms with Gasteiger partial charge in [0.05, 0.1) is 0 Å². The highest BCUT2D eigenvalue weighted by molar-refractivity contribution is 4.90. The summed E-state index contributed by atoms with van der Waals surface area (Å²) >= 11 is 0. The Labute approximate surface area is 92.6 Å². The third-order valence-electron chi connectivity index (χ3n) is 4.09. The highest BCUT2D eigenvalue weighted by Gasteiger charge is 2.35. The van der Waals surface area contributed by atoms with Gasteiger partial charge in [-0.1, -0.05) is 12.8 Å². The van der Waals surface area contributed by atoms with Gasteiger partial charge in [0.2, 0.25) is 0 Å². The summed E-state index contributed by atoms with van der Waals surface area (Å²) in [6.45, 7) is 2.44. The molecule has 2 aliphatic rings. The maximum Gasteiger partial charge on any atom is 0.0446 e. The van der Waals surface area contributed by atoms with Crippen molar-refractivity contribution in [2.45, 2.75) is 50.6 Å². The number of hydrogen-bond acceptors (Lipinski definition) is 3. The molecule has 3 N–H and O–H groups in total. The van der Waals surface area contributed by atoms with Crippen molar-refractivity contribution in [2.24, 2.45) is 11.7 Å². The van der Waals surface area contributed by atoms with Crippen molar-refractivity contribution in [2.75, 3.05) is 19.7 Å². The van der Waals surface area contributed by atoms with Crippen molar-refractivity contribution in [3.63, 3.8) is 0 Å². The molecule has 88 valence electrons. The Hall–Kier alpha value is -0.120. The van der Waals surface area contributed by atoms with E-state index in [1.165, 1.54) is 38.6 Å². The van der Waals surface area contributed by atoms with E-state index in [1.54, 1.807) is 0 Å². The molecular weight excluding hydrogens is 188 g/mol. The lowest BCUT2D eigenvalue weighted by molar-refractivity contribution is 0.165. The zero-order valence-electron chi connectivity index (χ0n) is 9.57. The van der Waals surface area contributed by atoms with Crippen LogP contribution >= 0.6 is 0 Å². The number of likely N-dealkylation sites (tertiary alicyclic amines) is 1. The molecule has 0 aromatic rings. The SMILES string of the molecule is NC(CCO)CN1CCC2CCCCC21. The monoisotopic (exact) mass is 212 g/mol. The number of fused-ring (bicyclic) bond motifs is 1. The molecule has 3 heteroatoms. The van der Waals surface area contributed by atoms with Gasteiger partial charge in [-0.3, -0.25) is 4.90 Å². The highest BCUT2D eigenvalue weighted by Crippen LogP contribution is 2.35. The van der Waals surface area contributed by atoms with Crippen LogP contribution in [0.3, 0.4) is 0 Å². The third kappa shape index (κ3) is 2.71. The van der Waals surface area contributed by atoms with Gasteiger partial charge in [0, 0.05) is 25.2 Å².